The lowest BCUT2D eigenvalue weighted by molar-refractivity contribution is -0.118. The van der Waals surface area contributed by atoms with Gasteiger partial charge in [0.05, 0.1) is 6.54 Å². The minimum Gasteiger partial charge on any atom is -0.348 e. The predicted molar refractivity (Wildman–Crippen MR) is 53.3 cm³/mol. The Kier molecular flexibility index (Phi) is 2.77. The molecule has 0 aliphatic carbocycles. The molecule has 1 N–H and O–H groups in total. The number of halogens is 1. The number of amides is 1. The zero-order valence-corrected chi connectivity index (χ0v) is 8.48. The van der Waals surface area contributed by atoms with Crippen molar-refractivity contribution in [3.8, 4) is 0 Å². The summed E-state index contributed by atoms with van der Waals surface area (Å²) < 4.78 is 1.54. The van der Waals surface area contributed by atoms with Crippen LogP contribution in [0, 0.1) is 0 Å². The average Bonchev–Trinajstić information content (AvgIpc) is 2.68. The van der Waals surface area contributed by atoms with Gasteiger partial charge in [0.25, 0.3) is 5.78 Å². The van der Waals surface area contributed by atoms with Gasteiger partial charge in [-0.15, -0.1) is 16.7 Å². The van der Waals surface area contributed by atoms with Crippen molar-refractivity contribution in [2.45, 2.75) is 6.54 Å². The summed E-state index contributed by atoms with van der Waals surface area (Å²) in [4.78, 5) is 19.0. The van der Waals surface area contributed by atoms with E-state index in [0.717, 1.165) is 0 Å². The van der Waals surface area contributed by atoms with Crippen LogP contribution in [-0.4, -0.2) is 31.4 Å². The van der Waals surface area contributed by atoms with E-state index in [0.29, 0.717) is 11.6 Å². The second-order valence-electron chi connectivity index (χ2n) is 2.80. The van der Waals surface area contributed by atoms with Crippen LogP contribution in [0.25, 0.3) is 5.78 Å². The van der Waals surface area contributed by atoms with E-state index >= 15 is 0 Å². The van der Waals surface area contributed by atoms with Gasteiger partial charge in [-0.25, -0.2) is 9.50 Å². The van der Waals surface area contributed by atoms with Gasteiger partial charge in [0.1, 0.15) is 5.88 Å². The van der Waals surface area contributed by atoms with E-state index in [-0.39, 0.29) is 18.3 Å². The molecular weight excluding hydrogens is 218 g/mol. The van der Waals surface area contributed by atoms with E-state index in [2.05, 4.69) is 20.4 Å². The number of hydrogen-bond donors (Lipinski definition) is 1. The molecule has 0 atom stereocenters. The van der Waals surface area contributed by atoms with E-state index in [4.69, 9.17) is 11.6 Å². The first-order valence-corrected chi connectivity index (χ1v) is 4.82. The lowest BCUT2D eigenvalue weighted by Crippen LogP contribution is -2.24. The molecule has 1 amide bonds. The molecule has 2 aromatic rings. The van der Waals surface area contributed by atoms with Crippen molar-refractivity contribution in [2.24, 2.45) is 0 Å². The largest absolute Gasteiger partial charge is 0.348 e. The normalized spacial score (nSPS) is 10.5. The van der Waals surface area contributed by atoms with Gasteiger partial charge in [-0.3, -0.25) is 4.79 Å². The third kappa shape index (κ3) is 2.21. The molecule has 7 heteroatoms. The number of alkyl halides is 1. The first kappa shape index (κ1) is 9.85. The highest BCUT2D eigenvalue weighted by molar-refractivity contribution is 6.27. The monoisotopic (exact) mass is 225 g/mol. The van der Waals surface area contributed by atoms with Crippen molar-refractivity contribution in [3.05, 3.63) is 24.3 Å². The Balaban J connectivity index is 2.12. The Morgan fingerprint density at radius 1 is 1.60 bits per heavy atom. The summed E-state index contributed by atoms with van der Waals surface area (Å²) in [5, 5.41) is 6.68. The van der Waals surface area contributed by atoms with E-state index in [1.807, 2.05) is 0 Å². The zero-order chi connectivity index (χ0) is 10.7. The first-order valence-electron chi connectivity index (χ1n) is 4.28. The Hall–Kier alpha value is -1.69. The summed E-state index contributed by atoms with van der Waals surface area (Å²) >= 11 is 5.33. The maximum absolute atomic E-state index is 10.9. The maximum Gasteiger partial charge on any atom is 0.252 e. The van der Waals surface area contributed by atoms with Gasteiger partial charge in [0.15, 0.2) is 5.82 Å². The summed E-state index contributed by atoms with van der Waals surface area (Å²) in [5.74, 6) is 0.703. The lowest BCUT2D eigenvalue weighted by Gasteiger charge is -1.96. The molecule has 0 saturated carbocycles. The molecule has 2 aromatic heterocycles. The SMILES string of the molecule is O=C(CCl)NCc1nc2ncccn2n1. The van der Waals surface area contributed by atoms with Crippen molar-refractivity contribution < 1.29 is 4.79 Å². The number of aromatic nitrogens is 4. The quantitative estimate of drug-likeness (QED) is 0.746. The highest BCUT2D eigenvalue weighted by Crippen LogP contribution is 1.96. The van der Waals surface area contributed by atoms with Crippen molar-refractivity contribution in [2.75, 3.05) is 5.88 Å². The van der Waals surface area contributed by atoms with Crippen LogP contribution in [0.3, 0.4) is 0 Å². The lowest BCUT2D eigenvalue weighted by atomic mass is 10.5. The fourth-order valence-corrected chi connectivity index (χ4v) is 1.17. The summed E-state index contributed by atoms with van der Waals surface area (Å²) in [5.41, 5.74) is 0. The smallest absolute Gasteiger partial charge is 0.252 e. The van der Waals surface area contributed by atoms with Gasteiger partial charge < -0.3 is 5.32 Å². The van der Waals surface area contributed by atoms with Crippen LogP contribution in [0.5, 0.6) is 0 Å². The van der Waals surface area contributed by atoms with Crippen LogP contribution >= 0.6 is 11.6 Å². The van der Waals surface area contributed by atoms with Crippen LogP contribution in [0.15, 0.2) is 18.5 Å². The van der Waals surface area contributed by atoms with Crippen LogP contribution in [-0.2, 0) is 11.3 Å². The molecular formula is C8H8ClN5O. The summed E-state index contributed by atoms with van der Waals surface area (Å²) in [6.45, 7) is 0.259. The van der Waals surface area contributed by atoms with E-state index in [1.54, 1.807) is 23.0 Å². The van der Waals surface area contributed by atoms with E-state index < -0.39 is 0 Å². The molecule has 0 aliphatic heterocycles. The molecule has 0 aromatic carbocycles. The first-order chi connectivity index (χ1) is 7.29. The van der Waals surface area contributed by atoms with Crippen molar-refractivity contribution in [1.29, 1.82) is 0 Å². The van der Waals surface area contributed by atoms with Crippen molar-refractivity contribution in [3.63, 3.8) is 0 Å². The minimum absolute atomic E-state index is 0.0639. The van der Waals surface area contributed by atoms with Gasteiger partial charge in [0, 0.05) is 12.4 Å². The molecule has 78 valence electrons. The van der Waals surface area contributed by atoms with Crippen molar-refractivity contribution in [1.82, 2.24) is 24.9 Å². The summed E-state index contributed by atoms with van der Waals surface area (Å²) in [6.07, 6.45) is 3.37. The number of carbonyl (C=O) groups excluding carboxylic acids is 1. The van der Waals surface area contributed by atoms with Crippen LogP contribution in [0.1, 0.15) is 5.82 Å². The highest BCUT2D eigenvalue weighted by atomic mass is 35.5. The molecule has 2 rings (SSSR count). The molecule has 6 nitrogen and oxygen atoms in total. The van der Waals surface area contributed by atoms with E-state index in [1.165, 1.54) is 0 Å². The molecule has 0 aliphatic rings. The molecule has 0 saturated heterocycles. The second-order valence-corrected chi connectivity index (χ2v) is 3.07. The van der Waals surface area contributed by atoms with Crippen LogP contribution in [0.4, 0.5) is 0 Å². The predicted octanol–water partition coefficient (Wildman–Crippen LogP) is -0.0207. The molecule has 0 radical (unpaired) electrons. The molecule has 0 bridgehead atoms. The fourth-order valence-electron chi connectivity index (χ4n) is 1.08. The Morgan fingerprint density at radius 3 is 3.20 bits per heavy atom. The maximum atomic E-state index is 10.9. The van der Waals surface area contributed by atoms with E-state index in [9.17, 15) is 4.79 Å². The number of carbonyl (C=O) groups is 1. The zero-order valence-electron chi connectivity index (χ0n) is 7.72. The summed E-state index contributed by atoms with van der Waals surface area (Å²) in [6, 6.07) is 1.75. The van der Waals surface area contributed by atoms with Gasteiger partial charge >= 0.3 is 0 Å². The minimum atomic E-state index is -0.247. The van der Waals surface area contributed by atoms with Gasteiger partial charge in [-0.05, 0) is 6.07 Å². The van der Waals surface area contributed by atoms with Gasteiger partial charge in [-0.1, -0.05) is 0 Å². The molecule has 2 heterocycles. The number of nitrogens with zero attached hydrogens (tertiary/aromatic N) is 4. The molecule has 0 fully saturated rings. The number of fused-ring (bicyclic) bond motifs is 1. The Morgan fingerprint density at radius 2 is 2.47 bits per heavy atom. The molecule has 0 unspecified atom stereocenters. The topological polar surface area (TPSA) is 72.2 Å². The number of hydrogen-bond acceptors (Lipinski definition) is 4. The summed E-state index contributed by atoms with van der Waals surface area (Å²) in [7, 11) is 0. The van der Waals surface area contributed by atoms with Crippen LogP contribution < -0.4 is 5.32 Å². The Bertz CT molecular complexity index is 450. The molecule has 0 spiro atoms. The standard InChI is InChI=1S/C8H8ClN5O/c9-4-7(15)11-5-6-12-8-10-2-1-3-14(8)13-6/h1-3H,4-5H2,(H,11,15). The van der Waals surface area contributed by atoms with Gasteiger partial charge in [-0.2, -0.15) is 4.98 Å². The molecule has 15 heavy (non-hydrogen) atoms. The van der Waals surface area contributed by atoms with Crippen LogP contribution in [0.2, 0.25) is 0 Å². The highest BCUT2D eigenvalue weighted by Gasteiger charge is 2.04. The Labute approximate surface area is 90.3 Å². The second kappa shape index (κ2) is 4.22. The number of nitrogens with one attached hydrogen (secondary N) is 1. The fraction of sp³-hybridized carbons (Fsp3) is 0.250. The van der Waals surface area contributed by atoms with Crippen molar-refractivity contribution >= 4 is 23.3 Å². The third-order valence-corrected chi connectivity index (χ3v) is 1.97. The third-order valence-electron chi connectivity index (χ3n) is 1.73. The van der Waals surface area contributed by atoms with Gasteiger partial charge in [0.2, 0.25) is 5.91 Å². The number of rotatable bonds is 3. The average molecular weight is 226 g/mol.